The monoisotopic (exact) mass is 256 g/mol. The highest BCUT2D eigenvalue weighted by Crippen LogP contribution is 2.27. The van der Waals surface area contributed by atoms with Gasteiger partial charge in [0.05, 0.1) is 7.11 Å². The molecule has 0 saturated carbocycles. The van der Waals surface area contributed by atoms with Crippen LogP contribution in [-0.4, -0.2) is 19.5 Å². The van der Waals surface area contributed by atoms with E-state index >= 15 is 0 Å². The summed E-state index contributed by atoms with van der Waals surface area (Å²) in [5, 5.41) is 0. The Bertz CT molecular complexity index is 561. The standard InChI is InChI=1S/C16H16O3/c1-12-8-9-15(18-2)16(10-12)19-11-14(17)13-6-4-3-5-7-13/h3-10H,11H2,1-2H3. The lowest BCUT2D eigenvalue weighted by atomic mass is 10.1. The molecule has 0 aliphatic carbocycles. The smallest absolute Gasteiger partial charge is 0.200 e. The Morgan fingerprint density at radius 3 is 2.47 bits per heavy atom. The number of carbonyl (C=O) groups excluding carboxylic acids is 1. The number of hydrogen-bond donors (Lipinski definition) is 0. The van der Waals surface area contributed by atoms with Crippen molar-refractivity contribution in [2.45, 2.75) is 6.92 Å². The van der Waals surface area contributed by atoms with Crippen LogP contribution < -0.4 is 9.47 Å². The van der Waals surface area contributed by atoms with E-state index in [-0.39, 0.29) is 12.4 Å². The van der Waals surface area contributed by atoms with E-state index < -0.39 is 0 Å². The van der Waals surface area contributed by atoms with Crippen LogP contribution in [-0.2, 0) is 0 Å². The summed E-state index contributed by atoms with van der Waals surface area (Å²) >= 11 is 0. The van der Waals surface area contributed by atoms with E-state index in [1.807, 2.05) is 43.3 Å². The van der Waals surface area contributed by atoms with Crippen LogP contribution in [0.1, 0.15) is 15.9 Å². The summed E-state index contributed by atoms with van der Waals surface area (Å²) < 4.78 is 10.8. The number of hydrogen-bond acceptors (Lipinski definition) is 3. The van der Waals surface area contributed by atoms with E-state index in [9.17, 15) is 4.79 Å². The molecule has 0 heterocycles. The number of ether oxygens (including phenoxy) is 2. The van der Waals surface area contributed by atoms with Gasteiger partial charge in [0.2, 0.25) is 0 Å². The predicted molar refractivity (Wildman–Crippen MR) is 74.0 cm³/mol. The predicted octanol–water partition coefficient (Wildman–Crippen LogP) is 3.27. The average molecular weight is 256 g/mol. The molecule has 0 spiro atoms. The summed E-state index contributed by atoms with van der Waals surface area (Å²) in [6.45, 7) is 1.97. The molecule has 0 unspecified atom stereocenters. The maximum atomic E-state index is 11.9. The zero-order valence-electron chi connectivity index (χ0n) is 11.1. The van der Waals surface area contributed by atoms with Crippen molar-refractivity contribution >= 4 is 5.78 Å². The Morgan fingerprint density at radius 1 is 1.05 bits per heavy atom. The Labute approximate surface area is 112 Å². The molecule has 0 radical (unpaired) electrons. The van der Waals surface area contributed by atoms with Crippen molar-refractivity contribution in [2.24, 2.45) is 0 Å². The molecule has 0 bridgehead atoms. The van der Waals surface area contributed by atoms with Gasteiger partial charge in [0.25, 0.3) is 0 Å². The van der Waals surface area contributed by atoms with Crippen molar-refractivity contribution in [1.82, 2.24) is 0 Å². The zero-order chi connectivity index (χ0) is 13.7. The van der Waals surface area contributed by atoms with Gasteiger partial charge in [-0.2, -0.15) is 0 Å². The molecule has 3 nitrogen and oxygen atoms in total. The van der Waals surface area contributed by atoms with Crippen molar-refractivity contribution < 1.29 is 14.3 Å². The molecule has 2 aromatic carbocycles. The first-order valence-corrected chi connectivity index (χ1v) is 6.06. The van der Waals surface area contributed by atoms with Crippen LogP contribution in [0.3, 0.4) is 0 Å². The van der Waals surface area contributed by atoms with E-state index in [2.05, 4.69) is 0 Å². The van der Waals surface area contributed by atoms with Crippen LogP contribution >= 0.6 is 0 Å². The second-order valence-corrected chi connectivity index (χ2v) is 4.23. The molecule has 2 aromatic rings. The SMILES string of the molecule is COc1ccc(C)cc1OCC(=O)c1ccccc1. The van der Waals surface area contributed by atoms with Crippen LogP contribution in [0.15, 0.2) is 48.5 Å². The van der Waals surface area contributed by atoms with E-state index in [1.165, 1.54) is 0 Å². The second-order valence-electron chi connectivity index (χ2n) is 4.23. The minimum absolute atomic E-state index is 0.00380. The van der Waals surface area contributed by atoms with Gasteiger partial charge in [-0.3, -0.25) is 4.79 Å². The molecule has 0 atom stereocenters. The number of carbonyl (C=O) groups is 1. The molecule has 0 saturated heterocycles. The molecule has 0 aliphatic rings. The fourth-order valence-corrected chi connectivity index (χ4v) is 1.75. The minimum Gasteiger partial charge on any atom is -0.493 e. The van der Waals surface area contributed by atoms with Crippen molar-refractivity contribution in [3.63, 3.8) is 0 Å². The Morgan fingerprint density at radius 2 is 1.79 bits per heavy atom. The summed E-state index contributed by atoms with van der Waals surface area (Å²) in [5.41, 5.74) is 1.71. The summed E-state index contributed by atoms with van der Waals surface area (Å²) in [4.78, 5) is 11.9. The third kappa shape index (κ3) is 3.35. The minimum atomic E-state index is -0.0517. The van der Waals surface area contributed by atoms with Crippen LogP contribution in [0, 0.1) is 6.92 Å². The Kier molecular flexibility index (Phi) is 4.18. The van der Waals surface area contributed by atoms with Crippen LogP contribution in [0.5, 0.6) is 11.5 Å². The molecule has 0 aromatic heterocycles. The summed E-state index contributed by atoms with van der Waals surface area (Å²) in [5.74, 6) is 1.17. The molecule has 0 aliphatic heterocycles. The van der Waals surface area contributed by atoms with Crippen molar-refractivity contribution in [3.8, 4) is 11.5 Å². The van der Waals surface area contributed by atoms with Gasteiger partial charge >= 0.3 is 0 Å². The normalized spacial score (nSPS) is 10.0. The second kappa shape index (κ2) is 6.05. The molecular formula is C16H16O3. The number of ketones is 1. The van der Waals surface area contributed by atoms with E-state index in [1.54, 1.807) is 19.2 Å². The van der Waals surface area contributed by atoms with Gasteiger partial charge in [-0.05, 0) is 24.6 Å². The first kappa shape index (κ1) is 13.1. The van der Waals surface area contributed by atoms with Crippen LogP contribution in [0.2, 0.25) is 0 Å². The van der Waals surface area contributed by atoms with Gasteiger partial charge in [0, 0.05) is 5.56 Å². The lowest BCUT2D eigenvalue weighted by Crippen LogP contribution is -2.11. The van der Waals surface area contributed by atoms with E-state index in [4.69, 9.17) is 9.47 Å². The highest BCUT2D eigenvalue weighted by atomic mass is 16.5. The molecule has 19 heavy (non-hydrogen) atoms. The number of rotatable bonds is 5. The topological polar surface area (TPSA) is 35.5 Å². The first-order chi connectivity index (χ1) is 9.20. The quantitative estimate of drug-likeness (QED) is 0.770. The van der Waals surface area contributed by atoms with E-state index in [0.29, 0.717) is 17.1 Å². The third-order valence-electron chi connectivity index (χ3n) is 2.77. The van der Waals surface area contributed by atoms with Gasteiger partial charge in [0.1, 0.15) is 0 Å². The lowest BCUT2D eigenvalue weighted by Gasteiger charge is -2.10. The van der Waals surface area contributed by atoms with Crippen LogP contribution in [0.25, 0.3) is 0 Å². The largest absolute Gasteiger partial charge is 0.493 e. The highest BCUT2D eigenvalue weighted by Gasteiger charge is 2.09. The average Bonchev–Trinajstić information content (AvgIpc) is 2.46. The Hall–Kier alpha value is -2.29. The molecule has 0 N–H and O–H groups in total. The van der Waals surface area contributed by atoms with Crippen molar-refractivity contribution in [2.75, 3.05) is 13.7 Å². The molecule has 0 fully saturated rings. The van der Waals surface area contributed by atoms with Gasteiger partial charge < -0.3 is 9.47 Å². The van der Waals surface area contributed by atoms with Gasteiger partial charge in [-0.15, -0.1) is 0 Å². The van der Waals surface area contributed by atoms with Gasteiger partial charge in [0.15, 0.2) is 23.9 Å². The fourth-order valence-electron chi connectivity index (χ4n) is 1.75. The number of methoxy groups -OCH3 is 1. The van der Waals surface area contributed by atoms with E-state index in [0.717, 1.165) is 5.56 Å². The van der Waals surface area contributed by atoms with Gasteiger partial charge in [-0.25, -0.2) is 0 Å². The Balaban J connectivity index is 2.07. The van der Waals surface area contributed by atoms with Gasteiger partial charge in [-0.1, -0.05) is 36.4 Å². The van der Waals surface area contributed by atoms with Crippen LogP contribution in [0.4, 0.5) is 0 Å². The summed E-state index contributed by atoms with van der Waals surface area (Å²) in [6.07, 6.45) is 0. The maximum Gasteiger partial charge on any atom is 0.200 e. The van der Waals surface area contributed by atoms with Crippen molar-refractivity contribution in [1.29, 1.82) is 0 Å². The third-order valence-corrected chi connectivity index (χ3v) is 2.77. The highest BCUT2D eigenvalue weighted by molar-refractivity contribution is 5.97. The summed E-state index contributed by atoms with van der Waals surface area (Å²) in [6, 6.07) is 14.7. The number of benzene rings is 2. The zero-order valence-corrected chi connectivity index (χ0v) is 11.1. The number of aryl methyl sites for hydroxylation is 1. The molecule has 2 rings (SSSR count). The molecule has 3 heteroatoms. The maximum absolute atomic E-state index is 11.9. The lowest BCUT2D eigenvalue weighted by molar-refractivity contribution is 0.0919. The first-order valence-electron chi connectivity index (χ1n) is 6.06. The molecule has 98 valence electrons. The molecule has 0 amide bonds. The summed E-state index contributed by atoms with van der Waals surface area (Å²) in [7, 11) is 1.58. The molecular weight excluding hydrogens is 240 g/mol. The fraction of sp³-hybridized carbons (Fsp3) is 0.188. The van der Waals surface area contributed by atoms with Crippen molar-refractivity contribution in [3.05, 3.63) is 59.7 Å². The number of Topliss-reactive ketones (excluding diaryl/α,β-unsaturated/α-hetero) is 1.